The maximum Gasteiger partial charge on any atom is 0.0218 e. The highest BCUT2D eigenvalue weighted by molar-refractivity contribution is 4.88. The molecule has 0 radical (unpaired) electrons. The summed E-state index contributed by atoms with van der Waals surface area (Å²) in [5.41, 5.74) is 0. The Hall–Kier alpha value is -0.120. The molecular weight excluding hydrogens is 234 g/mol. The number of rotatable bonds is 5. The van der Waals surface area contributed by atoms with Crippen molar-refractivity contribution in [3.8, 4) is 0 Å². The molecule has 3 nitrogen and oxygen atoms in total. The highest BCUT2D eigenvalue weighted by atomic mass is 15.3. The molecule has 0 aromatic rings. The van der Waals surface area contributed by atoms with E-state index in [4.69, 9.17) is 0 Å². The summed E-state index contributed by atoms with van der Waals surface area (Å²) in [7, 11) is 2.29. The lowest BCUT2D eigenvalue weighted by Crippen LogP contribution is -2.56. The zero-order chi connectivity index (χ0) is 13.7. The highest BCUT2D eigenvalue weighted by Gasteiger charge is 2.31. The Kier molecular flexibility index (Phi) is 6.11. The summed E-state index contributed by atoms with van der Waals surface area (Å²) in [6.45, 7) is 9.60. The molecule has 1 saturated carbocycles. The second-order valence-corrected chi connectivity index (χ2v) is 6.51. The molecule has 112 valence electrons. The fourth-order valence-corrected chi connectivity index (χ4v) is 3.77. The van der Waals surface area contributed by atoms with Crippen LogP contribution in [-0.2, 0) is 0 Å². The normalized spacial score (nSPS) is 34.6. The molecule has 1 saturated heterocycles. The van der Waals surface area contributed by atoms with E-state index < -0.39 is 0 Å². The van der Waals surface area contributed by atoms with E-state index in [0.29, 0.717) is 0 Å². The topological polar surface area (TPSA) is 18.5 Å². The lowest BCUT2D eigenvalue weighted by molar-refractivity contribution is 0.0441. The number of nitrogens with zero attached hydrogens (tertiary/aromatic N) is 2. The van der Waals surface area contributed by atoms with Gasteiger partial charge in [0.1, 0.15) is 0 Å². The molecule has 1 N–H and O–H groups in total. The standard InChI is InChI=1S/C16H33N3/c1-4-9-17-14-7-6-8-16(12-14)19-11-10-18(3)15(5-2)13-19/h14-17H,4-13H2,1-3H3. The SMILES string of the molecule is CCCNC1CCCC(N2CCN(C)C(CC)C2)C1. The summed E-state index contributed by atoms with van der Waals surface area (Å²) < 4.78 is 0. The van der Waals surface area contributed by atoms with Crippen LogP contribution >= 0.6 is 0 Å². The third-order valence-electron chi connectivity index (χ3n) is 5.13. The van der Waals surface area contributed by atoms with Crippen molar-refractivity contribution in [2.45, 2.75) is 70.5 Å². The van der Waals surface area contributed by atoms with Gasteiger partial charge in [-0.25, -0.2) is 0 Å². The molecule has 0 amide bonds. The molecule has 0 aromatic heterocycles. The molecule has 3 unspecified atom stereocenters. The first kappa shape index (κ1) is 15.3. The van der Waals surface area contributed by atoms with Gasteiger partial charge >= 0.3 is 0 Å². The second kappa shape index (κ2) is 7.61. The molecule has 1 aliphatic heterocycles. The van der Waals surface area contributed by atoms with E-state index >= 15 is 0 Å². The zero-order valence-electron chi connectivity index (χ0n) is 13.2. The van der Waals surface area contributed by atoms with Crippen molar-refractivity contribution in [3.63, 3.8) is 0 Å². The Morgan fingerprint density at radius 3 is 2.74 bits per heavy atom. The van der Waals surface area contributed by atoms with E-state index in [2.05, 4.69) is 36.0 Å². The van der Waals surface area contributed by atoms with Crippen molar-refractivity contribution >= 4 is 0 Å². The molecule has 2 fully saturated rings. The zero-order valence-corrected chi connectivity index (χ0v) is 13.2. The quantitative estimate of drug-likeness (QED) is 0.825. The lowest BCUT2D eigenvalue weighted by atomic mass is 9.89. The molecule has 3 heteroatoms. The monoisotopic (exact) mass is 267 g/mol. The van der Waals surface area contributed by atoms with Crippen molar-refractivity contribution in [1.29, 1.82) is 0 Å². The summed E-state index contributed by atoms with van der Waals surface area (Å²) in [5.74, 6) is 0. The summed E-state index contributed by atoms with van der Waals surface area (Å²) in [6, 6.07) is 2.39. The summed E-state index contributed by atoms with van der Waals surface area (Å²) in [5, 5.41) is 3.74. The van der Waals surface area contributed by atoms with E-state index in [1.54, 1.807) is 0 Å². The number of piperazine rings is 1. The van der Waals surface area contributed by atoms with Gasteiger partial charge in [0.2, 0.25) is 0 Å². The first-order valence-electron chi connectivity index (χ1n) is 8.42. The van der Waals surface area contributed by atoms with Crippen molar-refractivity contribution in [2.75, 3.05) is 33.2 Å². The van der Waals surface area contributed by atoms with Gasteiger partial charge in [-0.3, -0.25) is 4.90 Å². The van der Waals surface area contributed by atoms with Gasteiger partial charge in [-0.1, -0.05) is 20.3 Å². The van der Waals surface area contributed by atoms with Gasteiger partial charge < -0.3 is 10.2 Å². The maximum absolute atomic E-state index is 3.74. The smallest absolute Gasteiger partial charge is 0.0218 e. The van der Waals surface area contributed by atoms with E-state index in [0.717, 1.165) is 18.1 Å². The molecule has 0 bridgehead atoms. The van der Waals surface area contributed by atoms with Crippen LogP contribution in [0.5, 0.6) is 0 Å². The predicted octanol–water partition coefficient (Wildman–Crippen LogP) is 2.32. The summed E-state index contributed by atoms with van der Waals surface area (Å²) in [4.78, 5) is 5.33. The highest BCUT2D eigenvalue weighted by Crippen LogP contribution is 2.25. The largest absolute Gasteiger partial charge is 0.314 e. The van der Waals surface area contributed by atoms with Gasteiger partial charge in [0.15, 0.2) is 0 Å². The van der Waals surface area contributed by atoms with Crippen LogP contribution in [0.2, 0.25) is 0 Å². The van der Waals surface area contributed by atoms with Crippen LogP contribution in [-0.4, -0.2) is 61.2 Å². The van der Waals surface area contributed by atoms with Crippen LogP contribution in [0.25, 0.3) is 0 Å². The van der Waals surface area contributed by atoms with Gasteiger partial charge in [-0.2, -0.15) is 0 Å². The fraction of sp³-hybridized carbons (Fsp3) is 1.00. The van der Waals surface area contributed by atoms with Crippen LogP contribution in [0.15, 0.2) is 0 Å². The Labute approximate surface area is 119 Å². The van der Waals surface area contributed by atoms with Crippen LogP contribution < -0.4 is 5.32 Å². The molecule has 1 heterocycles. The molecule has 0 spiro atoms. The first-order valence-corrected chi connectivity index (χ1v) is 8.42. The first-order chi connectivity index (χ1) is 9.24. The molecule has 0 aromatic carbocycles. The van der Waals surface area contributed by atoms with Gasteiger partial charge in [-0.05, 0) is 45.7 Å². The number of hydrogen-bond donors (Lipinski definition) is 1. The maximum atomic E-state index is 3.74. The van der Waals surface area contributed by atoms with E-state index in [1.807, 2.05) is 0 Å². The average molecular weight is 267 g/mol. The lowest BCUT2D eigenvalue weighted by Gasteiger charge is -2.45. The minimum atomic E-state index is 0.776. The molecule has 1 aliphatic carbocycles. The van der Waals surface area contributed by atoms with Crippen LogP contribution in [0, 0.1) is 0 Å². The Bertz CT molecular complexity index is 256. The average Bonchev–Trinajstić information content (AvgIpc) is 2.46. The Morgan fingerprint density at radius 1 is 1.16 bits per heavy atom. The molecule has 2 aliphatic rings. The summed E-state index contributed by atoms with van der Waals surface area (Å²) >= 11 is 0. The molecule has 2 rings (SSSR count). The molecule has 3 atom stereocenters. The van der Waals surface area contributed by atoms with Gasteiger partial charge in [0.05, 0.1) is 0 Å². The molecule has 19 heavy (non-hydrogen) atoms. The van der Waals surface area contributed by atoms with Crippen molar-refractivity contribution < 1.29 is 0 Å². The predicted molar refractivity (Wildman–Crippen MR) is 82.6 cm³/mol. The number of hydrogen-bond acceptors (Lipinski definition) is 3. The fourth-order valence-electron chi connectivity index (χ4n) is 3.77. The van der Waals surface area contributed by atoms with Crippen LogP contribution in [0.4, 0.5) is 0 Å². The molecular formula is C16H33N3. The van der Waals surface area contributed by atoms with Crippen molar-refractivity contribution in [2.24, 2.45) is 0 Å². The summed E-state index contributed by atoms with van der Waals surface area (Å²) in [6.07, 6.45) is 8.14. The van der Waals surface area contributed by atoms with E-state index in [-0.39, 0.29) is 0 Å². The number of likely N-dealkylation sites (N-methyl/N-ethyl adjacent to an activating group) is 1. The Balaban J connectivity index is 1.83. The van der Waals surface area contributed by atoms with Gasteiger partial charge in [0, 0.05) is 37.8 Å². The van der Waals surface area contributed by atoms with Gasteiger partial charge in [0.25, 0.3) is 0 Å². The number of nitrogens with one attached hydrogen (secondary N) is 1. The second-order valence-electron chi connectivity index (χ2n) is 6.51. The van der Waals surface area contributed by atoms with Crippen molar-refractivity contribution in [1.82, 2.24) is 15.1 Å². The Morgan fingerprint density at radius 2 is 2.00 bits per heavy atom. The minimum absolute atomic E-state index is 0.776. The van der Waals surface area contributed by atoms with Crippen molar-refractivity contribution in [3.05, 3.63) is 0 Å². The van der Waals surface area contributed by atoms with Crippen LogP contribution in [0.3, 0.4) is 0 Å². The third kappa shape index (κ3) is 4.17. The minimum Gasteiger partial charge on any atom is -0.314 e. The van der Waals surface area contributed by atoms with Gasteiger partial charge in [-0.15, -0.1) is 0 Å². The van der Waals surface area contributed by atoms with E-state index in [9.17, 15) is 0 Å². The third-order valence-corrected chi connectivity index (χ3v) is 5.13. The van der Waals surface area contributed by atoms with E-state index in [1.165, 1.54) is 64.7 Å². The van der Waals surface area contributed by atoms with Crippen LogP contribution in [0.1, 0.15) is 52.4 Å².